The number of carbonyl (C=O) groups is 5. The summed E-state index contributed by atoms with van der Waals surface area (Å²) in [6, 6.07) is 1.99. The third-order valence-electron chi connectivity index (χ3n) is 5.09. The zero-order valence-electron chi connectivity index (χ0n) is 19.1. The van der Waals surface area contributed by atoms with E-state index in [0.717, 1.165) is 0 Å². The number of H-pyrrole nitrogens is 1. The third kappa shape index (κ3) is 9.06. The summed E-state index contributed by atoms with van der Waals surface area (Å²) in [5.74, 6) is -4.89. The normalized spacial score (nSPS) is 13.1. The highest BCUT2D eigenvalue weighted by Crippen LogP contribution is 2.12. The van der Waals surface area contributed by atoms with Gasteiger partial charge in [-0.2, -0.15) is 0 Å². The quantitative estimate of drug-likeness (QED) is 0.144. The number of phenolic OH excluding ortho intramolecular Hbond substituents is 1. The molecule has 3 amide bonds. The second kappa shape index (κ2) is 13.4. The molecule has 0 radical (unpaired) electrons. The Morgan fingerprint density at radius 1 is 0.917 bits per heavy atom. The number of aliphatic carboxylic acids is 2. The second-order valence-corrected chi connectivity index (χ2v) is 7.87. The van der Waals surface area contributed by atoms with Gasteiger partial charge in [0.25, 0.3) is 0 Å². The average molecular weight is 505 g/mol. The molecule has 2 aromatic rings. The minimum atomic E-state index is -1.50. The summed E-state index contributed by atoms with van der Waals surface area (Å²) in [7, 11) is 0. The van der Waals surface area contributed by atoms with Gasteiger partial charge < -0.3 is 42.0 Å². The van der Waals surface area contributed by atoms with E-state index >= 15 is 0 Å². The molecule has 1 aromatic carbocycles. The molecule has 0 saturated heterocycles. The number of aromatic hydroxyl groups is 1. The lowest BCUT2D eigenvalue weighted by Crippen LogP contribution is -2.57. The number of carboxylic acids is 2. The molecule has 1 heterocycles. The van der Waals surface area contributed by atoms with Crippen LogP contribution in [-0.2, 0) is 36.8 Å². The molecular weight excluding hydrogens is 476 g/mol. The minimum absolute atomic E-state index is 0.00656. The van der Waals surface area contributed by atoms with Gasteiger partial charge >= 0.3 is 11.9 Å². The minimum Gasteiger partial charge on any atom is -0.508 e. The first-order valence-electron chi connectivity index (χ1n) is 10.9. The van der Waals surface area contributed by atoms with Crippen molar-refractivity contribution in [2.45, 2.75) is 43.8 Å². The van der Waals surface area contributed by atoms with E-state index in [1.165, 1.54) is 24.7 Å². The van der Waals surface area contributed by atoms with Crippen LogP contribution in [0.25, 0.3) is 0 Å². The van der Waals surface area contributed by atoms with Crippen LogP contribution in [0, 0.1) is 0 Å². The number of carboxylic acid groups (broad SMARTS) is 2. The smallest absolute Gasteiger partial charge is 0.326 e. The summed E-state index contributed by atoms with van der Waals surface area (Å²) >= 11 is 0. The number of hydrogen-bond acceptors (Lipinski definition) is 8. The number of aromatic nitrogens is 2. The molecule has 2 rings (SSSR count). The van der Waals surface area contributed by atoms with Gasteiger partial charge in [-0.05, 0) is 24.1 Å². The summed E-state index contributed by atoms with van der Waals surface area (Å²) in [6.07, 6.45) is 1.82. The van der Waals surface area contributed by atoms with Crippen molar-refractivity contribution >= 4 is 29.7 Å². The van der Waals surface area contributed by atoms with E-state index in [9.17, 15) is 34.2 Å². The van der Waals surface area contributed by atoms with Crippen LogP contribution in [0.3, 0.4) is 0 Å². The van der Waals surface area contributed by atoms with E-state index in [1.807, 2.05) is 0 Å². The van der Waals surface area contributed by atoms with E-state index in [1.54, 1.807) is 12.1 Å². The van der Waals surface area contributed by atoms with Crippen LogP contribution < -0.4 is 21.7 Å². The Kier molecular flexibility index (Phi) is 10.4. The van der Waals surface area contributed by atoms with Gasteiger partial charge in [-0.3, -0.25) is 19.2 Å². The number of rotatable bonds is 14. The third-order valence-corrected chi connectivity index (χ3v) is 5.09. The van der Waals surface area contributed by atoms with E-state index in [4.69, 9.17) is 10.8 Å². The molecular formula is C22H28N6O8. The Morgan fingerprint density at radius 2 is 1.53 bits per heavy atom. The molecule has 14 nitrogen and oxygen atoms in total. The molecule has 36 heavy (non-hydrogen) atoms. The number of nitrogens with zero attached hydrogens (tertiary/aromatic N) is 1. The zero-order valence-corrected chi connectivity index (χ0v) is 19.1. The lowest BCUT2D eigenvalue weighted by Gasteiger charge is -2.24. The molecule has 0 spiro atoms. The molecule has 0 aliphatic rings. The van der Waals surface area contributed by atoms with Crippen LogP contribution in [0.4, 0.5) is 0 Å². The topological polar surface area (TPSA) is 237 Å². The Balaban J connectivity index is 2.22. The van der Waals surface area contributed by atoms with E-state index in [2.05, 4.69) is 25.9 Å². The van der Waals surface area contributed by atoms with Gasteiger partial charge in [-0.1, -0.05) is 12.1 Å². The van der Waals surface area contributed by atoms with Crippen molar-refractivity contribution in [1.82, 2.24) is 25.9 Å². The Hall–Kier alpha value is -4.46. The highest BCUT2D eigenvalue weighted by atomic mass is 16.4. The standard InChI is InChI=1S/C22H28N6O8/c23-9-18(30)26-16(7-12-1-3-14(29)4-2-12)20(33)28-17(8-13-10-24-11-25-13)21(34)27-15(22(35)36)5-6-19(31)32/h1-4,10-11,15-17,29H,5-9,23H2,(H,24,25)(H,26,30)(H,27,34)(H,28,33)(H,31,32)(H,35,36). The molecule has 0 saturated carbocycles. The average Bonchev–Trinajstić information content (AvgIpc) is 3.34. The number of phenols is 1. The number of amides is 3. The van der Waals surface area contributed by atoms with Crippen molar-refractivity contribution in [2.75, 3.05) is 6.54 Å². The SMILES string of the molecule is NCC(=O)NC(Cc1ccc(O)cc1)C(=O)NC(Cc1cnc[nH]1)C(=O)NC(CCC(=O)O)C(=O)O. The van der Waals surface area contributed by atoms with Gasteiger partial charge in [-0.25, -0.2) is 9.78 Å². The Labute approximate surface area is 205 Å². The van der Waals surface area contributed by atoms with Crippen molar-refractivity contribution in [3.05, 3.63) is 48.0 Å². The monoisotopic (exact) mass is 504 g/mol. The molecule has 0 fully saturated rings. The maximum Gasteiger partial charge on any atom is 0.326 e. The number of imidazole rings is 1. The highest BCUT2D eigenvalue weighted by molar-refractivity contribution is 5.94. The molecule has 1 aromatic heterocycles. The van der Waals surface area contributed by atoms with Crippen molar-refractivity contribution in [3.8, 4) is 5.75 Å². The fraction of sp³-hybridized carbons (Fsp3) is 0.364. The first-order chi connectivity index (χ1) is 17.1. The van der Waals surface area contributed by atoms with Gasteiger partial charge in [0.1, 0.15) is 23.9 Å². The lowest BCUT2D eigenvalue weighted by molar-refractivity contribution is -0.143. The number of nitrogens with one attached hydrogen (secondary N) is 4. The van der Waals surface area contributed by atoms with Gasteiger partial charge in [0.05, 0.1) is 12.9 Å². The van der Waals surface area contributed by atoms with Crippen molar-refractivity contribution in [2.24, 2.45) is 5.73 Å². The molecule has 194 valence electrons. The summed E-state index contributed by atoms with van der Waals surface area (Å²) in [5, 5.41) is 34.9. The van der Waals surface area contributed by atoms with Crippen molar-refractivity contribution in [1.29, 1.82) is 0 Å². The van der Waals surface area contributed by atoms with E-state index in [-0.39, 0.29) is 31.6 Å². The zero-order chi connectivity index (χ0) is 26.7. The first kappa shape index (κ1) is 27.8. The van der Waals surface area contributed by atoms with Gasteiger partial charge in [0, 0.05) is 31.2 Å². The highest BCUT2D eigenvalue weighted by Gasteiger charge is 2.30. The number of nitrogens with two attached hydrogens (primary N) is 1. The van der Waals surface area contributed by atoms with Crippen LogP contribution in [0.1, 0.15) is 24.1 Å². The number of carbonyl (C=O) groups excluding carboxylic acids is 3. The van der Waals surface area contributed by atoms with Crippen molar-refractivity contribution < 1.29 is 39.3 Å². The molecule has 14 heteroatoms. The first-order valence-corrected chi connectivity index (χ1v) is 10.9. The van der Waals surface area contributed by atoms with Gasteiger partial charge in [-0.15, -0.1) is 0 Å². The van der Waals surface area contributed by atoms with Gasteiger partial charge in [0.15, 0.2) is 0 Å². The van der Waals surface area contributed by atoms with E-state index in [0.29, 0.717) is 11.3 Å². The lowest BCUT2D eigenvalue weighted by atomic mass is 10.0. The fourth-order valence-corrected chi connectivity index (χ4v) is 3.23. The molecule has 3 atom stereocenters. The van der Waals surface area contributed by atoms with Crippen LogP contribution in [0.15, 0.2) is 36.8 Å². The van der Waals surface area contributed by atoms with Crippen LogP contribution in [0.2, 0.25) is 0 Å². The fourth-order valence-electron chi connectivity index (χ4n) is 3.23. The van der Waals surface area contributed by atoms with Crippen LogP contribution >= 0.6 is 0 Å². The Bertz CT molecular complexity index is 1060. The maximum atomic E-state index is 13.1. The maximum absolute atomic E-state index is 13.1. The number of aromatic amines is 1. The second-order valence-electron chi connectivity index (χ2n) is 7.87. The number of hydrogen-bond donors (Lipinski definition) is 8. The predicted molar refractivity (Wildman–Crippen MR) is 123 cm³/mol. The largest absolute Gasteiger partial charge is 0.508 e. The molecule has 0 bridgehead atoms. The summed E-state index contributed by atoms with van der Waals surface area (Å²) in [4.78, 5) is 67.0. The van der Waals surface area contributed by atoms with Gasteiger partial charge in [0.2, 0.25) is 17.7 Å². The van der Waals surface area contributed by atoms with Crippen molar-refractivity contribution in [3.63, 3.8) is 0 Å². The summed E-state index contributed by atoms with van der Waals surface area (Å²) < 4.78 is 0. The van der Waals surface area contributed by atoms with Crippen LogP contribution in [0.5, 0.6) is 5.75 Å². The summed E-state index contributed by atoms with van der Waals surface area (Å²) in [5.41, 5.74) is 6.41. The Morgan fingerprint density at radius 3 is 2.06 bits per heavy atom. The molecule has 3 unspecified atom stereocenters. The molecule has 0 aliphatic carbocycles. The molecule has 9 N–H and O–H groups in total. The van der Waals surface area contributed by atoms with E-state index < -0.39 is 54.2 Å². The van der Waals surface area contributed by atoms with Crippen LogP contribution in [-0.4, -0.2) is 79.6 Å². The number of benzene rings is 1. The molecule has 0 aliphatic heterocycles. The summed E-state index contributed by atoms with van der Waals surface area (Å²) in [6.45, 7) is -0.388. The predicted octanol–water partition coefficient (Wildman–Crippen LogP) is -1.74.